The Morgan fingerprint density at radius 1 is 1.22 bits per heavy atom. The van der Waals surface area contributed by atoms with Crippen molar-refractivity contribution in [1.29, 1.82) is 0 Å². The molecule has 1 saturated heterocycles. The van der Waals surface area contributed by atoms with Crippen molar-refractivity contribution in [2.75, 3.05) is 50.5 Å². The van der Waals surface area contributed by atoms with Gasteiger partial charge in [0.15, 0.2) is 0 Å². The summed E-state index contributed by atoms with van der Waals surface area (Å²) in [5.41, 5.74) is 7.69. The van der Waals surface area contributed by atoms with Crippen LogP contribution in [-0.2, 0) is 0 Å². The molecule has 1 aromatic carbocycles. The third kappa shape index (κ3) is 2.88. The largest absolute Gasteiger partial charge is 0.495 e. The van der Waals surface area contributed by atoms with Gasteiger partial charge in [-0.05, 0) is 25.1 Å². The van der Waals surface area contributed by atoms with Crippen molar-refractivity contribution < 1.29 is 4.74 Å². The molecule has 4 heteroatoms. The highest BCUT2D eigenvalue weighted by Crippen LogP contribution is 2.30. The van der Waals surface area contributed by atoms with Gasteiger partial charge in [0.25, 0.3) is 0 Å². The average molecular weight is 249 g/mol. The molecular weight excluding hydrogens is 226 g/mol. The molecule has 18 heavy (non-hydrogen) atoms. The fourth-order valence-corrected chi connectivity index (χ4v) is 2.48. The lowest BCUT2D eigenvalue weighted by Crippen LogP contribution is -2.46. The molecule has 1 aliphatic rings. The van der Waals surface area contributed by atoms with Gasteiger partial charge in [0.1, 0.15) is 5.75 Å². The first-order valence-electron chi connectivity index (χ1n) is 6.65. The molecule has 0 aromatic heterocycles. The van der Waals surface area contributed by atoms with Crippen LogP contribution in [-0.4, -0.2) is 44.7 Å². The molecular formula is C14H23N3O. The van der Waals surface area contributed by atoms with Crippen molar-refractivity contribution in [1.82, 2.24) is 4.90 Å². The lowest BCUT2D eigenvalue weighted by atomic mass is 10.2. The Morgan fingerprint density at radius 2 is 1.94 bits per heavy atom. The van der Waals surface area contributed by atoms with E-state index in [-0.39, 0.29) is 0 Å². The maximum atomic E-state index is 5.79. The third-order valence-electron chi connectivity index (χ3n) is 3.46. The SMILES string of the molecule is CCCN1CCN(c2ccc(N)cc2OC)CC1. The lowest BCUT2D eigenvalue weighted by Gasteiger charge is -2.36. The van der Waals surface area contributed by atoms with E-state index in [9.17, 15) is 0 Å². The molecule has 0 amide bonds. The first-order valence-corrected chi connectivity index (χ1v) is 6.65. The normalized spacial score (nSPS) is 16.9. The minimum atomic E-state index is 0.750. The van der Waals surface area contributed by atoms with Gasteiger partial charge in [0.05, 0.1) is 12.8 Å². The Kier molecular flexibility index (Phi) is 4.31. The predicted molar refractivity (Wildman–Crippen MR) is 76.4 cm³/mol. The van der Waals surface area contributed by atoms with E-state index in [4.69, 9.17) is 10.5 Å². The fraction of sp³-hybridized carbons (Fsp3) is 0.571. The van der Waals surface area contributed by atoms with E-state index in [0.29, 0.717) is 0 Å². The van der Waals surface area contributed by atoms with Crippen LogP contribution in [0, 0.1) is 0 Å². The van der Waals surface area contributed by atoms with Gasteiger partial charge < -0.3 is 15.4 Å². The summed E-state index contributed by atoms with van der Waals surface area (Å²) in [5, 5.41) is 0. The predicted octanol–water partition coefficient (Wildman–Crippen LogP) is 1.81. The molecule has 0 unspecified atom stereocenters. The Morgan fingerprint density at radius 3 is 2.56 bits per heavy atom. The van der Waals surface area contributed by atoms with Crippen LogP contribution in [0.25, 0.3) is 0 Å². The Bertz CT molecular complexity index is 387. The summed E-state index contributed by atoms with van der Waals surface area (Å²) in [6.07, 6.45) is 1.23. The third-order valence-corrected chi connectivity index (χ3v) is 3.46. The Labute approximate surface area is 109 Å². The number of piperazine rings is 1. The highest BCUT2D eigenvalue weighted by molar-refractivity contribution is 5.64. The van der Waals surface area contributed by atoms with Gasteiger partial charge in [-0.3, -0.25) is 4.90 Å². The number of hydrogen-bond acceptors (Lipinski definition) is 4. The molecule has 0 atom stereocenters. The zero-order chi connectivity index (χ0) is 13.0. The number of methoxy groups -OCH3 is 1. The van der Waals surface area contributed by atoms with Crippen LogP contribution in [0.3, 0.4) is 0 Å². The summed E-state index contributed by atoms with van der Waals surface area (Å²) in [4.78, 5) is 4.89. The molecule has 1 aromatic rings. The summed E-state index contributed by atoms with van der Waals surface area (Å²) >= 11 is 0. The molecule has 100 valence electrons. The zero-order valence-corrected chi connectivity index (χ0v) is 11.4. The van der Waals surface area contributed by atoms with Crippen molar-refractivity contribution >= 4 is 11.4 Å². The topological polar surface area (TPSA) is 41.7 Å². The minimum Gasteiger partial charge on any atom is -0.495 e. The van der Waals surface area contributed by atoms with E-state index in [1.807, 2.05) is 12.1 Å². The second-order valence-electron chi connectivity index (χ2n) is 4.76. The van der Waals surface area contributed by atoms with Gasteiger partial charge in [-0.1, -0.05) is 6.92 Å². The fourth-order valence-electron chi connectivity index (χ4n) is 2.48. The van der Waals surface area contributed by atoms with Gasteiger partial charge in [0, 0.05) is 37.9 Å². The van der Waals surface area contributed by atoms with Crippen LogP contribution in [0.5, 0.6) is 5.75 Å². The molecule has 2 N–H and O–H groups in total. The number of nitrogens with two attached hydrogens (primary N) is 1. The molecule has 0 spiro atoms. The summed E-state index contributed by atoms with van der Waals surface area (Å²) in [6.45, 7) is 7.80. The maximum Gasteiger partial charge on any atom is 0.144 e. The van der Waals surface area contributed by atoms with E-state index >= 15 is 0 Å². The Balaban J connectivity index is 2.05. The second-order valence-corrected chi connectivity index (χ2v) is 4.76. The van der Waals surface area contributed by atoms with Crippen molar-refractivity contribution in [3.05, 3.63) is 18.2 Å². The molecule has 1 fully saturated rings. The smallest absolute Gasteiger partial charge is 0.144 e. The van der Waals surface area contributed by atoms with Gasteiger partial charge in [-0.2, -0.15) is 0 Å². The number of ether oxygens (including phenoxy) is 1. The molecule has 0 aliphatic carbocycles. The van der Waals surface area contributed by atoms with E-state index in [0.717, 1.165) is 43.3 Å². The van der Waals surface area contributed by atoms with Crippen LogP contribution < -0.4 is 15.4 Å². The van der Waals surface area contributed by atoms with E-state index in [1.165, 1.54) is 13.0 Å². The number of benzene rings is 1. The lowest BCUT2D eigenvalue weighted by molar-refractivity contribution is 0.257. The van der Waals surface area contributed by atoms with Gasteiger partial charge in [-0.25, -0.2) is 0 Å². The van der Waals surface area contributed by atoms with E-state index in [2.05, 4.69) is 22.8 Å². The van der Waals surface area contributed by atoms with E-state index < -0.39 is 0 Å². The number of anilines is 2. The van der Waals surface area contributed by atoms with Gasteiger partial charge in [0.2, 0.25) is 0 Å². The summed E-state index contributed by atoms with van der Waals surface area (Å²) in [5.74, 6) is 0.874. The molecule has 0 saturated carbocycles. The summed E-state index contributed by atoms with van der Waals surface area (Å²) < 4.78 is 5.42. The first-order chi connectivity index (χ1) is 8.74. The molecule has 0 bridgehead atoms. The van der Waals surface area contributed by atoms with Gasteiger partial charge >= 0.3 is 0 Å². The van der Waals surface area contributed by atoms with Crippen LogP contribution in [0.15, 0.2) is 18.2 Å². The van der Waals surface area contributed by atoms with Crippen LogP contribution in [0.2, 0.25) is 0 Å². The van der Waals surface area contributed by atoms with Crippen molar-refractivity contribution in [2.24, 2.45) is 0 Å². The molecule has 1 aliphatic heterocycles. The summed E-state index contributed by atoms with van der Waals surface area (Å²) in [6, 6.07) is 5.90. The maximum absolute atomic E-state index is 5.79. The highest BCUT2D eigenvalue weighted by Gasteiger charge is 2.18. The quantitative estimate of drug-likeness (QED) is 0.826. The van der Waals surface area contributed by atoms with Gasteiger partial charge in [-0.15, -0.1) is 0 Å². The highest BCUT2D eigenvalue weighted by atomic mass is 16.5. The van der Waals surface area contributed by atoms with Crippen LogP contribution in [0.1, 0.15) is 13.3 Å². The monoisotopic (exact) mass is 249 g/mol. The number of hydrogen-bond donors (Lipinski definition) is 1. The Hall–Kier alpha value is -1.42. The number of nitrogens with zero attached hydrogens (tertiary/aromatic N) is 2. The van der Waals surface area contributed by atoms with Crippen molar-refractivity contribution in [3.63, 3.8) is 0 Å². The second kappa shape index (κ2) is 5.96. The molecule has 0 radical (unpaired) electrons. The van der Waals surface area contributed by atoms with Crippen LogP contribution in [0.4, 0.5) is 11.4 Å². The molecule has 2 rings (SSSR count). The minimum absolute atomic E-state index is 0.750. The average Bonchev–Trinajstić information content (AvgIpc) is 2.40. The summed E-state index contributed by atoms with van der Waals surface area (Å²) in [7, 11) is 1.70. The number of rotatable bonds is 4. The van der Waals surface area contributed by atoms with Crippen molar-refractivity contribution in [2.45, 2.75) is 13.3 Å². The standard InChI is InChI=1S/C14H23N3O/c1-3-6-16-7-9-17(10-8-16)13-5-4-12(15)11-14(13)18-2/h4-5,11H,3,6-10,15H2,1-2H3. The van der Waals surface area contributed by atoms with E-state index in [1.54, 1.807) is 7.11 Å². The molecule has 4 nitrogen and oxygen atoms in total. The van der Waals surface area contributed by atoms with Crippen molar-refractivity contribution in [3.8, 4) is 5.75 Å². The molecule has 1 heterocycles. The van der Waals surface area contributed by atoms with Crippen LogP contribution >= 0.6 is 0 Å². The first kappa shape index (κ1) is 13.0. The number of nitrogen functional groups attached to an aromatic ring is 1. The zero-order valence-electron chi connectivity index (χ0n) is 11.4.